The monoisotopic (exact) mass is 423 g/mol. The van der Waals surface area contributed by atoms with Gasteiger partial charge in [0.05, 0.1) is 6.61 Å². The highest BCUT2D eigenvalue weighted by atomic mass is 19.4. The van der Waals surface area contributed by atoms with E-state index in [4.69, 9.17) is 4.74 Å². The van der Waals surface area contributed by atoms with Crippen LogP contribution < -0.4 is 9.64 Å². The van der Waals surface area contributed by atoms with Crippen molar-refractivity contribution in [2.45, 2.75) is 71.4 Å². The highest BCUT2D eigenvalue weighted by Gasteiger charge is 2.36. The number of halogens is 3. The van der Waals surface area contributed by atoms with Crippen molar-refractivity contribution in [1.82, 2.24) is 9.97 Å². The number of hydrogen-bond donors (Lipinski definition) is 0. The topological polar surface area (TPSA) is 38.2 Å². The van der Waals surface area contributed by atoms with Gasteiger partial charge in [-0.25, -0.2) is 4.98 Å². The minimum Gasteiger partial charge on any atom is -0.463 e. The maximum atomic E-state index is 13.5. The number of benzene rings is 1. The number of alkyl halides is 3. The average Bonchev–Trinajstić information content (AvgIpc) is 2.73. The molecule has 0 radical (unpaired) electrons. The Morgan fingerprint density at radius 2 is 1.60 bits per heavy atom. The number of aryl methyl sites for hydroxylation is 1. The van der Waals surface area contributed by atoms with Gasteiger partial charge in [0, 0.05) is 18.9 Å². The second kappa shape index (κ2) is 11.8. The molecule has 1 aromatic heterocycles. The zero-order chi connectivity index (χ0) is 22.0. The summed E-state index contributed by atoms with van der Waals surface area (Å²) in [5.74, 6) is -0.209. The third kappa shape index (κ3) is 7.18. The lowest BCUT2D eigenvalue weighted by Gasteiger charge is -2.23. The standard InChI is InChI=1S/C23H32F3N3O/c1-4-6-8-10-16-30-22-27-17-20(23(24,25)26)21(28-22)29(3)19-14-12-18(13-15-19)11-9-7-5-2/h12-15,17H,4-11,16H2,1-3H3. The van der Waals surface area contributed by atoms with Crippen LogP contribution in [0.5, 0.6) is 6.01 Å². The van der Waals surface area contributed by atoms with Crippen LogP contribution >= 0.6 is 0 Å². The van der Waals surface area contributed by atoms with E-state index in [1.807, 2.05) is 24.3 Å². The van der Waals surface area contributed by atoms with Crippen molar-refractivity contribution in [2.75, 3.05) is 18.6 Å². The second-order valence-electron chi connectivity index (χ2n) is 7.48. The molecule has 4 nitrogen and oxygen atoms in total. The van der Waals surface area contributed by atoms with Crippen LogP contribution in [-0.4, -0.2) is 23.6 Å². The predicted octanol–water partition coefficient (Wildman–Crippen LogP) is 6.96. The van der Waals surface area contributed by atoms with Crippen LogP contribution in [0, 0.1) is 0 Å². The largest absolute Gasteiger partial charge is 0.463 e. The molecule has 30 heavy (non-hydrogen) atoms. The molecule has 0 amide bonds. The number of nitrogens with zero attached hydrogens (tertiary/aromatic N) is 3. The number of anilines is 2. The minimum absolute atomic E-state index is 0.0301. The third-order valence-electron chi connectivity index (χ3n) is 4.99. The molecule has 0 N–H and O–H groups in total. The van der Waals surface area contributed by atoms with Crippen LogP contribution in [0.15, 0.2) is 30.5 Å². The molecule has 0 unspecified atom stereocenters. The summed E-state index contributed by atoms with van der Waals surface area (Å²) in [7, 11) is 1.58. The first-order chi connectivity index (χ1) is 14.4. The first kappa shape index (κ1) is 24.0. The predicted molar refractivity (Wildman–Crippen MR) is 114 cm³/mol. The van der Waals surface area contributed by atoms with E-state index < -0.39 is 11.7 Å². The van der Waals surface area contributed by atoms with Crippen LogP contribution in [0.1, 0.15) is 69.9 Å². The van der Waals surface area contributed by atoms with Crippen molar-refractivity contribution < 1.29 is 17.9 Å². The first-order valence-corrected chi connectivity index (χ1v) is 10.8. The van der Waals surface area contributed by atoms with Gasteiger partial charge in [0.15, 0.2) is 5.82 Å². The summed E-state index contributed by atoms with van der Waals surface area (Å²) in [5.41, 5.74) is 0.929. The second-order valence-corrected chi connectivity index (χ2v) is 7.48. The molecule has 1 heterocycles. The molecule has 0 aliphatic heterocycles. The van der Waals surface area contributed by atoms with E-state index in [0.29, 0.717) is 12.3 Å². The summed E-state index contributed by atoms with van der Waals surface area (Å²) < 4.78 is 46.1. The van der Waals surface area contributed by atoms with E-state index in [1.54, 1.807) is 7.05 Å². The SMILES string of the molecule is CCCCCCOc1ncc(C(F)(F)F)c(N(C)c2ccc(CCCCC)cc2)n1. The van der Waals surface area contributed by atoms with Crippen molar-refractivity contribution in [1.29, 1.82) is 0 Å². The van der Waals surface area contributed by atoms with E-state index in [0.717, 1.165) is 51.1 Å². The van der Waals surface area contributed by atoms with Crippen LogP contribution in [0.25, 0.3) is 0 Å². The van der Waals surface area contributed by atoms with E-state index in [2.05, 4.69) is 23.8 Å². The quantitative estimate of drug-likeness (QED) is 0.346. The Bertz CT molecular complexity index is 763. The number of rotatable bonds is 12. The van der Waals surface area contributed by atoms with Gasteiger partial charge in [-0.2, -0.15) is 18.2 Å². The Labute approximate surface area is 177 Å². The molecule has 0 bridgehead atoms. The smallest absolute Gasteiger partial charge is 0.421 e. The highest BCUT2D eigenvalue weighted by molar-refractivity contribution is 5.63. The van der Waals surface area contributed by atoms with E-state index in [9.17, 15) is 13.2 Å². The van der Waals surface area contributed by atoms with Crippen LogP contribution in [0.4, 0.5) is 24.7 Å². The molecule has 0 aliphatic rings. The van der Waals surface area contributed by atoms with Gasteiger partial charge in [-0.15, -0.1) is 0 Å². The van der Waals surface area contributed by atoms with Crippen molar-refractivity contribution in [3.8, 4) is 6.01 Å². The fourth-order valence-electron chi connectivity index (χ4n) is 3.16. The van der Waals surface area contributed by atoms with E-state index in [1.165, 1.54) is 16.9 Å². The molecule has 0 saturated heterocycles. The summed E-state index contributed by atoms with van der Waals surface area (Å²) in [4.78, 5) is 9.30. The van der Waals surface area contributed by atoms with Gasteiger partial charge >= 0.3 is 12.2 Å². The lowest BCUT2D eigenvalue weighted by molar-refractivity contribution is -0.137. The van der Waals surface area contributed by atoms with Crippen molar-refractivity contribution in [2.24, 2.45) is 0 Å². The molecular weight excluding hydrogens is 391 g/mol. The van der Waals surface area contributed by atoms with Gasteiger partial charge in [-0.1, -0.05) is 58.1 Å². The summed E-state index contributed by atoms with van der Waals surface area (Å²) >= 11 is 0. The Morgan fingerprint density at radius 3 is 2.23 bits per heavy atom. The van der Waals surface area contributed by atoms with Gasteiger partial charge in [0.25, 0.3) is 0 Å². The average molecular weight is 424 g/mol. The molecule has 0 saturated carbocycles. The van der Waals surface area contributed by atoms with Gasteiger partial charge in [-0.3, -0.25) is 0 Å². The van der Waals surface area contributed by atoms with E-state index >= 15 is 0 Å². The Kier molecular flexibility index (Phi) is 9.40. The van der Waals surface area contributed by atoms with Crippen LogP contribution in [0.3, 0.4) is 0 Å². The molecule has 7 heteroatoms. The van der Waals surface area contributed by atoms with Crippen molar-refractivity contribution >= 4 is 11.5 Å². The van der Waals surface area contributed by atoms with Crippen molar-refractivity contribution in [3.05, 3.63) is 41.6 Å². The summed E-state index contributed by atoms with van der Waals surface area (Å²) in [5, 5.41) is 0. The summed E-state index contributed by atoms with van der Waals surface area (Å²) in [6.07, 6.45) is 4.67. The highest BCUT2D eigenvalue weighted by Crippen LogP contribution is 2.37. The Morgan fingerprint density at radius 1 is 0.933 bits per heavy atom. The minimum atomic E-state index is -4.55. The molecule has 166 valence electrons. The fraction of sp³-hybridized carbons (Fsp3) is 0.565. The van der Waals surface area contributed by atoms with Crippen LogP contribution in [-0.2, 0) is 12.6 Å². The first-order valence-electron chi connectivity index (χ1n) is 10.8. The molecule has 0 atom stereocenters. The lowest BCUT2D eigenvalue weighted by Crippen LogP contribution is -2.19. The lowest BCUT2D eigenvalue weighted by atomic mass is 10.1. The molecule has 2 aromatic rings. The van der Waals surface area contributed by atoms with Crippen molar-refractivity contribution in [3.63, 3.8) is 0 Å². The Hall–Kier alpha value is -2.31. The van der Waals surface area contributed by atoms with E-state index in [-0.39, 0.29) is 11.8 Å². The summed E-state index contributed by atoms with van der Waals surface area (Å²) in [6, 6.07) is 7.55. The number of unbranched alkanes of at least 4 members (excludes halogenated alkanes) is 5. The number of aromatic nitrogens is 2. The number of hydrogen-bond acceptors (Lipinski definition) is 4. The van der Waals surface area contributed by atoms with Gasteiger partial charge in [0.2, 0.25) is 0 Å². The third-order valence-corrected chi connectivity index (χ3v) is 4.99. The number of ether oxygens (including phenoxy) is 1. The molecular formula is C23H32F3N3O. The molecule has 0 spiro atoms. The Balaban J connectivity index is 2.18. The normalized spacial score (nSPS) is 11.5. The maximum absolute atomic E-state index is 13.5. The van der Waals surface area contributed by atoms with Gasteiger partial charge < -0.3 is 9.64 Å². The maximum Gasteiger partial charge on any atom is 0.421 e. The fourth-order valence-corrected chi connectivity index (χ4v) is 3.16. The zero-order valence-electron chi connectivity index (χ0n) is 18.1. The van der Waals surface area contributed by atoms with Gasteiger partial charge in [0.1, 0.15) is 5.56 Å². The summed E-state index contributed by atoms with van der Waals surface area (Å²) in [6.45, 7) is 4.65. The zero-order valence-corrected chi connectivity index (χ0v) is 18.1. The van der Waals surface area contributed by atoms with Crippen LogP contribution in [0.2, 0.25) is 0 Å². The van der Waals surface area contributed by atoms with Gasteiger partial charge in [-0.05, 0) is 37.0 Å². The molecule has 0 fully saturated rings. The molecule has 1 aromatic carbocycles. The molecule has 2 rings (SSSR count). The molecule has 0 aliphatic carbocycles.